The predicted molar refractivity (Wildman–Crippen MR) is 126 cm³/mol. The van der Waals surface area contributed by atoms with E-state index in [4.69, 9.17) is 0 Å². The predicted octanol–water partition coefficient (Wildman–Crippen LogP) is 4.74. The van der Waals surface area contributed by atoms with Gasteiger partial charge in [0.25, 0.3) is 5.91 Å². The SMILES string of the molecule is Cc1ccc(CNC(=O)c2ccc([C@H]3SCC(=O)N3CCc3ccccc3)cc2)cc1. The zero-order valence-electron chi connectivity index (χ0n) is 17.6. The Kier molecular flexibility index (Phi) is 6.73. The number of carbonyl (C=O) groups is 2. The normalized spacial score (nSPS) is 15.8. The van der Waals surface area contributed by atoms with Crippen LogP contribution in [-0.4, -0.2) is 29.0 Å². The number of carbonyl (C=O) groups excluding carboxylic acids is 2. The Balaban J connectivity index is 1.37. The minimum absolute atomic E-state index is 0.000817. The van der Waals surface area contributed by atoms with Gasteiger partial charge in [0, 0.05) is 18.7 Å². The maximum absolute atomic E-state index is 12.5. The number of thioether (sulfide) groups is 1. The van der Waals surface area contributed by atoms with Crippen LogP contribution in [0.15, 0.2) is 78.9 Å². The van der Waals surface area contributed by atoms with Gasteiger partial charge in [-0.25, -0.2) is 0 Å². The van der Waals surface area contributed by atoms with Crippen LogP contribution in [0.25, 0.3) is 0 Å². The van der Waals surface area contributed by atoms with Gasteiger partial charge in [-0.3, -0.25) is 9.59 Å². The Hall–Kier alpha value is -3.05. The van der Waals surface area contributed by atoms with Crippen LogP contribution >= 0.6 is 11.8 Å². The summed E-state index contributed by atoms with van der Waals surface area (Å²) >= 11 is 1.65. The molecular weight excluding hydrogens is 404 g/mol. The third-order valence-corrected chi connectivity index (χ3v) is 6.74. The van der Waals surface area contributed by atoms with Gasteiger partial charge >= 0.3 is 0 Å². The molecule has 1 saturated heterocycles. The van der Waals surface area contributed by atoms with Gasteiger partial charge in [0.05, 0.1) is 5.75 Å². The molecule has 1 aliphatic rings. The van der Waals surface area contributed by atoms with Gasteiger partial charge in [0.1, 0.15) is 5.37 Å². The van der Waals surface area contributed by atoms with Crippen molar-refractivity contribution in [3.8, 4) is 0 Å². The number of amides is 2. The van der Waals surface area contributed by atoms with E-state index in [1.807, 2.05) is 78.6 Å². The van der Waals surface area contributed by atoms with Crippen LogP contribution in [0.1, 0.15) is 38.0 Å². The van der Waals surface area contributed by atoms with Crippen LogP contribution in [0.3, 0.4) is 0 Å². The van der Waals surface area contributed by atoms with Crippen molar-refractivity contribution >= 4 is 23.6 Å². The van der Waals surface area contributed by atoms with Gasteiger partial charge in [0.2, 0.25) is 5.91 Å². The minimum Gasteiger partial charge on any atom is -0.348 e. The van der Waals surface area contributed by atoms with Crippen LogP contribution in [0, 0.1) is 6.92 Å². The van der Waals surface area contributed by atoms with Crippen molar-refractivity contribution in [1.82, 2.24) is 10.2 Å². The number of hydrogen-bond acceptors (Lipinski definition) is 3. The van der Waals surface area contributed by atoms with Crippen LogP contribution in [0.4, 0.5) is 0 Å². The molecule has 2 amide bonds. The summed E-state index contributed by atoms with van der Waals surface area (Å²) in [5.74, 6) is 0.576. The molecule has 1 fully saturated rings. The Labute approximate surface area is 187 Å². The third kappa shape index (κ3) is 5.36. The summed E-state index contributed by atoms with van der Waals surface area (Å²) in [6.45, 7) is 3.24. The van der Waals surface area contributed by atoms with Crippen LogP contribution < -0.4 is 5.32 Å². The first kappa shape index (κ1) is 21.2. The molecule has 1 aliphatic heterocycles. The van der Waals surface area contributed by atoms with Crippen molar-refractivity contribution in [3.05, 3.63) is 107 Å². The van der Waals surface area contributed by atoms with Crippen LogP contribution in [-0.2, 0) is 17.8 Å². The summed E-state index contributed by atoms with van der Waals surface area (Å²) < 4.78 is 0. The molecular formula is C26H26N2O2S. The lowest BCUT2D eigenvalue weighted by Crippen LogP contribution is -2.30. The highest BCUT2D eigenvalue weighted by Gasteiger charge is 2.32. The number of nitrogens with zero attached hydrogens (tertiary/aromatic N) is 1. The summed E-state index contributed by atoms with van der Waals surface area (Å²) in [5.41, 5.74) is 5.18. The Morgan fingerprint density at radius 1 is 0.968 bits per heavy atom. The quantitative estimate of drug-likeness (QED) is 0.589. The average molecular weight is 431 g/mol. The number of hydrogen-bond donors (Lipinski definition) is 1. The fourth-order valence-corrected chi connectivity index (χ4v) is 4.87. The second-order valence-electron chi connectivity index (χ2n) is 7.78. The highest BCUT2D eigenvalue weighted by molar-refractivity contribution is 8.00. The molecule has 31 heavy (non-hydrogen) atoms. The van der Waals surface area contributed by atoms with E-state index in [-0.39, 0.29) is 17.2 Å². The Morgan fingerprint density at radius 3 is 2.39 bits per heavy atom. The molecule has 0 unspecified atom stereocenters. The van der Waals surface area contributed by atoms with Crippen molar-refractivity contribution < 1.29 is 9.59 Å². The molecule has 1 heterocycles. The number of benzene rings is 3. The Morgan fingerprint density at radius 2 is 1.68 bits per heavy atom. The molecule has 158 valence electrons. The molecule has 4 nitrogen and oxygen atoms in total. The largest absolute Gasteiger partial charge is 0.348 e. The fourth-order valence-electron chi connectivity index (χ4n) is 3.66. The summed E-state index contributed by atoms with van der Waals surface area (Å²) in [7, 11) is 0. The van der Waals surface area contributed by atoms with E-state index in [0.717, 1.165) is 17.5 Å². The van der Waals surface area contributed by atoms with Gasteiger partial charge in [-0.15, -0.1) is 11.8 Å². The molecule has 0 aliphatic carbocycles. The number of nitrogens with one attached hydrogen (secondary N) is 1. The number of rotatable bonds is 7. The van der Waals surface area contributed by atoms with E-state index in [1.165, 1.54) is 11.1 Å². The maximum Gasteiger partial charge on any atom is 0.251 e. The molecule has 0 spiro atoms. The number of aryl methyl sites for hydroxylation is 1. The molecule has 0 radical (unpaired) electrons. The highest BCUT2D eigenvalue weighted by atomic mass is 32.2. The first-order chi connectivity index (χ1) is 15.1. The van der Waals surface area contributed by atoms with Crippen molar-refractivity contribution in [2.45, 2.75) is 25.3 Å². The molecule has 3 aromatic carbocycles. The first-order valence-electron chi connectivity index (χ1n) is 10.5. The van der Waals surface area contributed by atoms with E-state index in [1.54, 1.807) is 11.8 Å². The lowest BCUT2D eigenvalue weighted by molar-refractivity contribution is -0.128. The summed E-state index contributed by atoms with van der Waals surface area (Å²) in [6, 6.07) is 26.0. The van der Waals surface area contributed by atoms with Crippen molar-refractivity contribution in [1.29, 1.82) is 0 Å². The standard InChI is InChI=1S/C26H26N2O2S/c1-19-7-9-21(10-8-19)17-27-25(30)22-11-13-23(14-12-22)26-28(24(29)18-31-26)16-15-20-5-3-2-4-6-20/h2-14,26H,15-18H2,1H3,(H,27,30)/t26-/m1/s1. The fraction of sp³-hybridized carbons (Fsp3) is 0.231. The molecule has 1 N–H and O–H groups in total. The first-order valence-corrected chi connectivity index (χ1v) is 11.5. The third-order valence-electron chi connectivity index (χ3n) is 5.48. The van der Waals surface area contributed by atoms with Gasteiger partial charge in [0.15, 0.2) is 0 Å². The molecule has 4 rings (SSSR count). The average Bonchev–Trinajstić information content (AvgIpc) is 3.18. The lowest BCUT2D eigenvalue weighted by atomic mass is 10.1. The van der Waals surface area contributed by atoms with E-state index in [9.17, 15) is 9.59 Å². The molecule has 0 aromatic heterocycles. The molecule has 3 aromatic rings. The zero-order valence-corrected chi connectivity index (χ0v) is 18.4. The molecule has 5 heteroatoms. The second-order valence-corrected chi connectivity index (χ2v) is 8.84. The van der Waals surface area contributed by atoms with E-state index < -0.39 is 0 Å². The van der Waals surface area contributed by atoms with Gasteiger partial charge in [-0.05, 0) is 42.2 Å². The van der Waals surface area contributed by atoms with Crippen molar-refractivity contribution in [2.75, 3.05) is 12.3 Å². The monoisotopic (exact) mass is 430 g/mol. The topological polar surface area (TPSA) is 49.4 Å². The highest BCUT2D eigenvalue weighted by Crippen LogP contribution is 2.38. The zero-order chi connectivity index (χ0) is 21.6. The lowest BCUT2D eigenvalue weighted by Gasteiger charge is -2.24. The van der Waals surface area contributed by atoms with E-state index in [2.05, 4.69) is 17.4 Å². The van der Waals surface area contributed by atoms with Gasteiger partial charge in [-0.2, -0.15) is 0 Å². The smallest absolute Gasteiger partial charge is 0.251 e. The van der Waals surface area contributed by atoms with Crippen LogP contribution in [0.2, 0.25) is 0 Å². The van der Waals surface area contributed by atoms with Gasteiger partial charge in [-0.1, -0.05) is 72.3 Å². The van der Waals surface area contributed by atoms with Gasteiger partial charge < -0.3 is 10.2 Å². The summed E-state index contributed by atoms with van der Waals surface area (Å²) in [6.07, 6.45) is 0.836. The van der Waals surface area contributed by atoms with E-state index in [0.29, 0.717) is 24.4 Å². The summed E-state index contributed by atoms with van der Waals surface area (Å²) in [4.78, 5) is 26.9. The van der Waals surface area contributed by atoms with Crippen molar-refractivity contribution in [3.63, 3.8) is 0 Å². The second kappa shape index (κ2) is 9.84. The molecule has 1 atom stereocenters. The molecule has 0 bridgehead atoms. The van der Waals surface area contributed by atoms with E-state index >= 15 is 0 Å². The summed E-state index contributed by atoms with van der Waals surface area (Å²) in [5, 5.41) is 2.97. The van der Waals surface area contributed by atoms with Crippen molar-refractivity contribution in [2.24, 2.45) is 0 Å². The minimum atomic E-state index is -0.0942. The molecule has 0 saturated carbocycles. The maximum atomic E-state index is 12.5. The Bertz CT molecular complexity index is 1030. The van der Waals surface area contributed by atoms with Crippen LogP contribution in [0.5, 0.6) is 0 Å².